The Morgan fingerprint density at radius 2 is 1.72 bits per heavy atom. The zero-order chi connectivity index (χ0) is 18.4. The number of rotatable bonds is 6. The van der Waals surface area contributed by atoms with Crippen molar-refractivity contribution in [1.29, 1.82) is 0 Å². The monoisotopic (exact) mass is 348 g/mol. The number of carbonyl (C=O) groups is 2. The van der Waals surface area contributed by atoms with Crippen molar-refractivity contribution >= 4 is 17.5 Å². The van der Waals surface area contributed by atoms with Gasteiger partial charge in [0.1, 0.15) is 5.82 Å². The van der Waals surface area contributed by atoms with Crippen molar-refractivity contribution in [2.24, 2.45) is 0 Å². The molecule has 2 aromatic rings. The standard InChI is InChI=1S/C18H18F2N2O3/c1-11-4-3-5-12(2)18(11)22-16(23)9-21-17(24)10-25-15-7-6-13(19)8-14(15)20/h3-8H,9-10H2,1-2H3,(H,21,24)(H,22,23). The van der Waals surface area contributed by atoms with Crippen LogP contribution in [0.4, 0.5) is 14.5 Å². The van der Waals surface area contributed by atoms with Gasteiger partial charge in [0, 0.05) is 11.8 Å². The molecule has 0 aliphatic carbocycles. The van der Waals surface area contributed by atoms with Gasteiger partial charge >= 0.3 is 0 Å². The van der Waals surface area contributed by atoms with E-state index in [2.05, 4.69) is 10.6 Å². The van der Waals surface area contributed by atoms with Crippen molar-refractivity contribution in [3.05, 3.63) is 59.2 Å². The summed E-state index contributed by atoms with van der Waals surface area (Å²) in [5, 5.41) is 5.10. The first kappa shape index (κ1) is 18.4. The Morgan fingerprint density at radius 1 is 1.04 bits per heavy atom. The number of anilines is 1. The molecule has 0 aliphatic heterocycles. The molecule has 2 aromatic carbocycles. The summed E-state index contributed by atoms with van der Waals surface area (Å²) in [6, 6.07) is 8.39. The highest BCUT2D eigenvalue weighted by Crippen LogP contribution is 2.19. The first-order valence-electron chi connectivity index (χ1n) is 7.57. The van der Waals surface area contributed by atoms with Crippen LogP contribution in [0.3, 0.4) is 0 Å². The van der Waals surface area contributed by atoms with Gasteiger partial charge in [-0.1, -0.05) is 18.2 Å². The molecule has 0 saturated carbocycles. The van der Waals surface area contributed by atoms with Gasteiger partial charge in [0.25, 0.3) is 5.91 Å². The lowest BCUT2D eigenvalue weighted by Crippen LogP contribution is -2.36. The number of benzene rings is 2. The lowest BCUT2D eigenvalue weighted by atomic mass is 10.1. The Bertz CT molecular complexity index is 774. The number of hydrogen-bond acceptors (Lipinski definition) is 3. The Morgan fingerprint density at radius 3 is 2.36 bits per heavy atom. The summed E-state index contributed by atoms with van der Waals surface area (Å²) < 4.78 is 31.1. The summed E-state index contributed by atoms with van der Waals surface area (Å²) in [7, 11) is 0. The SMILES string of the molecule is Cc1cccc(C)c1NC(=O)CNC(=O)COc1ccc(F)cc1F. The second kappa shape index (κ2) is 8.23. The van der Waals surface area contributed by atoms with E-state index in [0.717, 1.165) is 23.3 Å². The van der Waals surface area contributed by atoms with Crippen LogP contribution in [0.2, 0.25) is 0 Å². The van der Waals surface area contributed by atoms with E-state index in [9.17, 15) is 18.4 Å². The molecular weight excluding hydrogens is 330 g/mol. The fourth-order valence-corrected chi connectivity index (χ4v) is 2.16. The van der Waals surface area contributed by atoms with Gasteiger partial charge in [-0.15, -0.1) is 0 Å². The zero-order valence-corrected chi connectivity index (χ0v) is 13.9. The van der Waals surface area contributed by atoms with Crippen LogP contribution in [0, 0.1) is 25.5 Å². The molecule has 0 heterocycles. The summed E-state index contributed by atoms with van der Waals surface area (Å²) in [6.45, 7) is 3.00. The lowest BCUT2D eigenvalue weighted by Gasteiger charge is -2.12. The highest BCUT2D eigenvalue weighted by atomic mass is 19.1. The summed E-state index contributed by atoms with van der Waals surface area (Å²) in [5.74, 6) is -2.87. The molecular formula is C18H18F2N2O3. The van der Waals surface area contributed by atoms with Crippen molar-refractivity contribution in [2.45, 2.75) is 13.8 Å². The number of para-hydroxylation sites is 1. The van der Waals surface area contributed by atoms with E-state index in [-0.39, 0.29) is 12.3 Å². The van der Waals surface area contributed by atoms with Crippen LogP contribution in [-0.2, 0) is 9.59 Å². The van der Waals surface area contributed by atoms with Crippen molar-refractivity contribution in [2.75, 3.05) is 18.5 Å². The third-order valence-electron chi connectivity index (χ3n) is 3.44. The maximum Gasteiger partial charge on any atom is 0.258 e. The average molecular weight is 348 g/mol. The number of halogens is 2. The van der Waals surface area contributed by atoms with Crippen LogP contribution >= 0.6 is 0 Å². The molecule has 132 valence electrons. The van der Waals surface area contributed by atoms with Gasteiger partial charge < -0.3 is 15.4 Å². The predicted molar refractivity (Wildman–Crippen MR) is 89.4 cm³/mol. The minimum absolute atomic E-state index is 0.239. The molecule has 0 bridgehead atoms. The minimum Gasteiger partial charge on any atom is -0.481 e. The highest BCUT2D eigenvalue weighted by Gasteiger charge is 2.11. The van der Waals surface area contributed by atoms with Crippen molar-refractivity contribution in [3.63, 3.8) is 0 Å². The normalized spacial score (nSPS) is 10.2. The third kappa shape index (κ3) is 5.27. The molecule has 2 amide bonds. The number of aryl methyl sites for hydroxylation is 2. The van der Waals surface area contributed by atoms with E-state index in [1.165, 1.54) is 0 Å². The minimum atomic E-state index is -0.902. The second-order valence-corrected chi connectivity index (χ2v) is 5.46. The van der Waals surface area contributed by atoms with E-state index in [1.807, 2.05) is 32.0 Å². The molecule has 7 heteroatoms. The molecule has 0 aliphatic rings. The Balaban J connectivity index is 1.80. The van der Waals surface area contributed by atoms with E-state index in [0.29, 0.717) is 11.8 Å². The molecule has 0 atom stereocenters. The molecule has 2 N–H and O–H groups in total. The van der Waals surface area contributed by atoms with Crippen molar-refractivity contribution in [1.82, 2.24) is 5.32 Å². The van der Waals surface area contributed by atoms with Crippen molar-refractivity contribution in [3.8, 4) is 5.75 Å². The molecule has 0 saturated heterocycles. The van der Waals surface area contributed by atoms with Gasteiger partial charge in [0.05, 0.1) is 6.54 Å². The van der Waals surface area contributed by atoms with Crippen molar-refractivity contribution < 1.29 is 23.1 Å². The third-order valence-corrected chi connectivity index (χ3v) is 3.44. The topological polar surface area (TPSA) is 67.4 Å². The number of carbonyl (C=O) groups excluding carboxylic acids is 2. The van der Waals surface area contributed by atoms with Gasteiger partial charge in [-0.2, -0.15) is 0 Å². The number of hydrogen-bond donors (Lipinski definition) is 2. The van der Waals surface area contributed by atoms with Crippen LogP contribution in [0.1, 0.15) is 11.1 Å². The van der Waals surface area contributed by atoms with E-state index >= 15 is 0 Å². The molecule has 2 rings (SSSR count). The molecule has 5 nitrogen and oxygen atoms in total. The van der Waals surface area contributed by atoms with Gasteiger partial charge in [0.15, 0.2) is 18.2 Å². The molecule has 0 unspecified atom stereocenters. The Labute approximate surface area is 144 Å². The number of nitrogens with one attached hydrogen (secondary N) is 2. The average Bonchev–Trinajstić information content (AvgIpc) is 2.55. The fourth-order valence-electron chi connectivity index (χ4n) is 2.16. The van der Waals surface area contributed by atoms with Gasteiger partial charge in [-0.05, 0) is 37.1 Å². The molecule has 0 aromatic heterocycles. The van der Waals surface area contributed by atoms with E-state index < -0.39 is 30.1 Å². The number of amides is 2. The lowest BCUT2D eigenvalue weighted by molar-refractivity contribution is -0.125. The van der Waals surface area contributed by atoms with E-state index in [4.69, 9.17) is 4.74 Å². The smallest absolute Gasteiger partial charge is 0.258 e. The number of ether oxygens (including phenoxy) is 1. The van der Waals surface area contributed by atoms with Gasteiger partial charge in [-0.3, -0.25) is 9.59 Å². The summed E-state index contributed by atoms with van der Waals surface area (Å²) in [5.41, 5.74) is 2.52. The maximum atomic E-state index is 13.4. The van der Waals surface area contributed by atoms with Crippen LogP contribution in [-0.4, -0.2) is 25.0 Å². The summed E-state index contributed by atoms with van der Waals surface area (Å²) in [6.07, 6.45) is 0. The van der Waals surface area contributed by atoms with E-state index in [1.54, 1.807) is 0 Å². The van der Waals surface area contributed by atoms with Crippen LogP contribution in [0.25, 0.3) is 0 Å². The quantitative estimate of drug-likeness (QED) is 0.843. The van der Waals surface area contributed by atoms with Crippen LogP contribution in [0.5, 0.6) is 5.75 Å². The molecule has 25 heavy (non-hydrogen) atoms. The molecule has 0 radical (unpaired) electrons. The highest BCUT2D eigenvalue weighted by molar-refractivity contribution is 5.95. The molecule has 0 spiro atoms. The van der Waals surface area contributed by atoms with Gasteiger partial charge in [-0.25, -0.2) is 8.78 Å². The zero-order valence-electron chi connectivity index (χ0n) is 13.9. The summed E-state index contributed by atoms with van der Waals surface area (Å²) in [4.78, 5) is 23.6. The Hall–Kier alpha value is -2.96. The summed E-state index contributed by atoms with van der Waals surface area (Å²) >= 11 is 0. The first-order valence-corrected chi connectivity index (χ1v) is 7.57. The van der Waals surface area contributed by atoms with Gasteiger partial charge in [0.2, 0.25) is 5.91 Å². The van der Waals surface area contributed by atoms with Crippen LogP contribution in [0.15, 0.2) is 36.4 Å². The largest absolute Gasteiger partial charge is 0.481 e. The molecule has 0 fully saturated rings. The fraction of sp³-hybridized carbons (Fsp3) is 0.222. The second-order valence-electron chi connectivity index (χ2n) is 5.46. The van der Waals surface area contributed by atoms with Crippen LogP contribution < -0.4 is 15.4 Å². The first-order chi connectivity index (χ1) is 11.9. The Kier molecular flexibility index (Phi) is 6.05. The predicted octanol–water partition coefficient (Wildman–Crippen LogP) is 2.72. The maximum absolute atomic E-state index is 13.4.